The highest BCUT2D eigenvalue weighted by Crippen LogP contribution is 2.40. The zero-order valence-corrected chi connectivity index (χ0v) is 32.0. The molecule has 3 aliphatic heterocycles. The molecule has 0 aromatic heterocycles. The van der Waals surface area contributed by atoms with Gasteiger partial charge in [-0.25, -0.2) is 0 Å². The number of Topliss-reactive ketones (excluding diaryl/α,β-unsaturated/α-hetero) is 1. The fraction of sp³-hybridized carbons (Fsp3) is 0.944. The number of hydrogen-bond acceptors (Lipinski definition) is 14. The predicted molar refractivity (Wildman–Crippen MR) is 181 cm³/mol. The number of rotatable bonds is 6. The lowest BCUT2D eigenvalue weighted by Gasteiger charge is -2.48. The molecule has 3 rings (SSSR count). The molecule has 0 spiro atoms. The normalized spacial score (nSPS) is 50.5. The van der Waals surface area contributed by atoms with Gasteiger partial charge in [0.05, 0.1) is 47.6 Å². The van der Waals surface area contributed by atoms with Crippen LogP contribution < -0.4 is 0 Å². The molecule has 15 unspecified atom stereocenters. The van der Waals surface area contributed by atoms with Crippen molar-refractivity contribution in [1.29, 1.82) is 0 Å². The van der Waals surface area contributed by atoms with Crippen LogP contribution >= 0.6 is 0 Å². The molecule has 6 N–H and O–H groups in total. The summed E-state index contributed by atoms with van der Waals surface area (Å²) in [4.78, 5) is 29.6. The minimum atomic E-state index is -2.01. The van der Waals surface area contributed by atoms with Gasteiger partial charge in [-0.15, -0.1) is 0 Å². The first kappa shape index (κ1) is 43.1. The van der Waals surface area contributed by atoms with Crippen LogP contribution in [0, 0.1) is 23.7 Å². The molecule has 3 aliphatic rings. The average molecular weight is 720 g/mol. The maximum absolute atomic E-state index is 14.0. The van der Waals surface area contributed by atoms with Gasteiger partial charge in [-0.2, -0.15) is 0 Å². The van der Waals surface area contributed by atoms with Crippen molar-refractivity contribution in [2.24, 2.45) is 23.7 Å². The largest absolute Gasteiger partial charge is 0.459 e. The molecule has 3 heterocycles. The van der Waals surface area contributed by atoms with E-state index in [9.17, 15) is 40.2 Å². The van der Waals surface area contributed by atoms with Crippen molar-refractivity contribution in [3.05, 3.63) is 0 Å². The van der Waals surface area contributed by atoms with Crippen molar-refractivity contribution >= 4 is 11.8 Å². The minimum Gasteiger partial charge on any atom is -0.459 e. The summed E-state index contributed by atoms with van der Waals surface area (Å²) in [5.74, 6) is -5.14. The summed E-state index contributed by atoms with van der Waals surface area (Å²) >= 11 is 0. The van der Waals surface area contributed by atoms with Crippen LogP contribution in [0.25, 0.3) is 0 Å². The minimum absolute atomic E-state index is 0.118. The van der Waals surface area contributed by atoms with Crippen LogP contribution in [0.4, 0.5) is 0 Å². The van der Waals surface area contributed by atoms with Crippen molar-refractivity contribution < 1.29 is 63.9 Å². The Morgan fingerprint density at radius 3 is 1.98 bits per heavy atom. The van der Waals surface area contributed by atoms with Gasteiger partial charge in [0, 0.05) is 30.2 Å². The number of carbonyl (C=O) groups is 2. The summed E-state index contributed by atoms with van der Waals surface area (Å²) in [7, 11) is 3.67. The standard InChI is InChI=1S/C36H65NO13/c1-13-24-36(10,45)29(40)19(4)26(38)17(2)15-35(9,44)31(50-33-27(39)23(37(11)12)14-18(3)46-33)20(5)28(21(6)32(42)48-24)49-25-16-34(8,43)30(41)22(7)47-25/h17-25,27-31,33,39-41,43-45H,13-16H2,1-12H3/t17?,18?,19?,20?,21?,22?,23?,24?,25?,27?,28?,29?,30?,31?,33?,34-,35-,36-/m1/s1. The zero-order chi connectivity index (χ0) is 38.3. The second kappa shape index (κ2) is 16.4. The van der Waals surface area contributed by atoms with Crippen LogP contribution in [0.1, 0.15) is 94.9 Å². The third kappa shape index (κ3) is 9.25. The quantitative estimate of drug-likeness (QED) is 0.213. The molecular weight excluding hydrogens is 654 g/mol. The highest BCUT2D eigenvalue weighted by atomic mass is 16.7. The number of ketones is 1. The maximum Gasteiger partial charge on any atom is 0.311 e. The average Bonchev–Trinajstić information content (AvgIpc) is 3.01. The SMILES string of the molecule is CCC1OC(=O)C(C)C(OC2C[C@@](C)(O)C(O)C(C)O2)C(C)C(OC2OC(C)CC(N(C)C)C2O)[C@](C)(O)CC(C)C(=O)C(C)C(O)[C@]1(C)O. The Morgan fingerprint density at radius 1 is 0.840 bits per heavy atom. The second-order valence-corrected chi connectivity index (χ2v) is 16.3. The zero-order valence-electron chi connectivity index (χ0n) is 32.0. The number of esters is 1. The highest BCUT2D eigenvalue weighted by molar-refractivity contribution is 5.83. The molecule has 0 amide bonds. The van der Waals surface area contributed by atoms with Crippen LogP contribution in [0.2, 0.25) is 0 Å². The van der Waals surface area contributed by atoms with Crippen LogP contribution in [-0.2, 0) is 33.3 Å². The Bertz CT molecular complexity index is 1150. The lowest BCUT2D eigenvalue weighted by Crippen LogP contribution is -2.61. The molecule has 0 aromatic rings. The van der Waals surface area contributed by atoms with E-state index in [1.165, 1.54) is 27.7 Å². The molecule has 0 bridgehead atoms. The molecule has 50 heavy (non-hydrogen) atoms. The lowest BCUT2D eigenvalue weighted by atomic mass is 9.74. The Balaban J connectivity index is 2.17. The van der Waals surface area contributed by atoms with E-state index in [4.69, 9.17) is 23.7 Å². The summed E-state index contributed by atoms with van der Waals surface area (Å²) in [6.45, 7) is 15.8. The number of aliphatic hydroxyl groups is 6. The fourth-order valence-electron chi connectivity index (χ4n) is 8.22. The van der Waals surface area contributed by atoms with Gasteiger partial charge in [-0.3, -0.25) is 9.59 Å². The van der Waals surface area contributed by atoms with Crippen molar-refractivity contribution in [2.45, 2.75) is 179 Å². The van der Waals surface area contributed by atoms with Crippen molar-refractivity contribution in [2.75, 3.05) is 14.1 Å². The van der Waals surface area contributed by atoms with E-state index in [-0.39, 0.29) is 31.4 Å². The Labute approximate surface area is 297 Å². The smallest absolute Gasteiger partial charge is 0.311 e. The van der Waals surface area contributed by atoms with Gasteiger partial charge < -0.3 is 59.2 Å². The van der Waals surface area contributed by atoms with E-state index in [0.717, 1.165) is 0 Å². The monoisotopic (exact) mass is 719 g/mol. The van der Waals surface area contributed by atoms with E-state index in [1.807, 2.05) is 25.9 Å². The number of carbonyl (C=O) groups excluding carboxylic acids is 2. The third-order valence-corrected chi connectivity index (χ3v) is 11.4. The number of nitrogens with zero attached hydrogens (tertiary/aromatic N) is 1. The molecule has 0 saturated carbocycles. The van der Waals surface area contributed by atoms with E-state index in [0.29, 0.717) is 6.42 Å². The highest BCUT2D eigenvalue weighted by Gasteiger charge is 2.53. The second-order valence-electron chi connectivity index (χ2n) is 16.3. The molecular formula is C36H65NO13. The number of hydrogen-bond donors (Lipinski definition) is 6. The molecule has 3 fully saturated rings. The number of cyclic esters (lactones) is 1. The number of aliphatic hydroxyl groups excluding tert-OH is 3. The van der Waals surface area contributed by atoms with Crippen LogP contribution in [0.15, 0.2) is 0 Å². The van der Waals surface area contributed by atoms with E-state index >= 15 is 0 Å². The summed E-state index contributed by atoms with van der Waals surface area (Å²) < 4.78 is 31.0. The molecule has 18 atom stereocenters. The van der Waals surface area contributed by atoms with Crippen LogP contribution in [0.5, 0.6) is 0 Å². The molecule has 292 valence electrons. The first-order valence-corrected chi connectivity index (χ1v) is 18.1. The first-order valence-electron chi connectivity index (χ1n) is 18.1. The third-order valence-electron chi connectivity index (χ3n) is 11.4. The van der Waals surface area contributed by atoms with Gasteiger partial charge in [0.2, 0.25) is 0 Å². The first-order chi connectivity index (χ1) is 22.9. The number of likely N-dealkylation sites (N-methyl/N-ethyl adjacent to an activating group) is 1. The molecule has 3 saturated heterocycles. The fourth-order valence-corrected chi connectivity index (χ4v) is 8.22. The van der Waals surface area contributed by atoms with Gasteiger partial charge in [0.15, 0.2) is 12.6 Å². The molecule has 0 radical (unpaired) electrons. The Hall–Kier alpha value is -1.30. The summed E-state index contributed by atoms with van der Waals surface area (Å²) in [5.41, 5.74) is -5.42. The van der Waals surface area contributed by atoms with Crippen molar-refractivity contribution in [3.63, 3.8) is 0 Å². The van der Waals surface area contributed by atoms with Crippen molar-refractivity contribution in [1.82, 2.24) is 4.90 Å². The van der Waals surface area contributed by atoms with Gasteiger partial charge in [-0.05, 0) is 74.9 Å². The van der Waals surface area contributed by atoms with Crippen LogP contribution in [0.3, 0.4) is 0 Å². The topological polar surface area (TPSA) is 205 Å². The molecule has 14 heteroatoms. The number of ether oxygens (including phenoxy) is 5. The van der Waals surface area contributed by atoms with E-state index in [1.54, 1.807) is 34.6 Å². The van der Waals surface area contributed by atoms with E-state index < -0.39 is 108 Å². The van der Waals surface area contributed by atoms with Gasteiger partial charge in [-0.1, -0.05) is 27.7 Å². The van der Waals surface area contributed by atoms with Gasteiger partial charge >= 0.3 is 5.97 Å². The summed E-state index contributed by atoms with van der Waals surface area (Å²) in [6.07, 6.45) is -10.7. The molecule has 0 aromatic carbocycles. The van der Waals surface area contributed by atoms with Crippen molar-refractivity contribution in [3.8, 4) is 0 Å². The maximum atomic E-state index is 14.0. The van der Waals surface area contributed by atoms with E-state index in [2.05, 4.69) is 0 Å². The Morgan fingerprint density at radius 2 is 1.44 bits per heavy atom. The summed E-state index contributed by atoms with van der Waals surface area (Å²) in [5, 5.41) is 68.1. The van der Waals surface area contributed by atoms with Crippen LogP contribution in [-0.4, -0.2) is 146 Å². The predicted octanol–water partition coefficient (Wildman–Crippen LogP) is 1.13. The van der Waals surface area contributed by atoms with Gasteiger partial charge in [0.1, 0.15) is 29.7 Å². The Kier molecular flexibility index (Phi) is 14.1. The lowest BCUT2D eigenvalue weighted by molar-refractivity contribution is -0.316. The van der Waals surface area contributed by atoms with Gasteiger partial charge in [0.25, 0.3) is 0 Å². The molecule has 0 aliphatic carbocycles. The summed E-state index contributed by atoms with van der Waals surface area (Å²) in [6, 6.07) is -0.337. The molecule has 14 nitrogen and oxygen atoms in total.